The lowest BCUT2D eigenvalue weighted by Gasteiger charge is -2.10. The van der Waals surface area contributed by atoms with E-state index in [2.05, 4.69) is 62.2 Å². The van der Waals surface area contributed by atoms with E-state index in [1.807, 2.05) is 36.3 Å². The van der Waals surface area contributed by atoms with E-state index in [4.69, 9.17) is 0 Å². The number of anilines is 1. The molecule has 1 aliphatic heterocycles. The fraction of sp³-hybridized carbons (Fsp3) is 0.261. The van der Waals surface area contributed by atoms with E-state index >= 15 is 0 Å². The summed E-state index contributed by atoms with van der Waals surface area (Å²) in [6.45, 7) is 2.65. The molecule has 0 fully saturated rings. The monoisotopic (exact) mass is 429 g/mol. The van der Waals surface area contributed by atoms with Crippen LogP contribution in [0, 0.1) is 0 Å². The molecule has 3 heterocycles. The van der Waals surface area contributed by atoms with Crippen LogP contribution in [0.25, 0.3) is 22.5 Å². The number of H-pyrrole nitrogens is 2. The molecule has 0 amide bonds. The standard InChI is InChI=1S/C23H24N8O/c1-3-6-20-19(22(32)31-14-30(2)27-23(31)24-20)13-15-9-11-16(12-10-15)17-7-4-5-8-18(17)21-25-28-29-26-21/h4-5,7-12H,3,6,13-14H2,1-2H3,(H,24,27)(H,25,26,28,29)/p+1. The summed E-state index contributed by atoms with van der Waals surface area (Å²) in [6, 6.07) is 16.3. The first kappa shape index (κ1) is 20.1. The number of hydrogen-bond acceptors (Lipinski definition) is 6. The Bertz CT molecular complexity index is 1290. The molecule has 32 heavy (non-hydrogen) atoms. The van der Waals surface area contributed by atoms with E-state index in [0.717, 1.165) is 52.3 Å². The van der Waals surface area contributed by atoms with Crippen molar-refractivity contribution in [1.29, 1.82) is 0 Å². The van der Waals surface area contributed by atoms with Gasteiger partial charge in [0.25, 0.3) is 0 Å². The second-order valence-corrected chi connectivity index (χ2v) is 8.02. The molecule has 0 saturated heterocycles. The predicted octanol–water partition coefficient (Wildman–Crippen LogP) is 2.28. The highest BCUT2D eigenvalue weighted by atomic mass is 16.1. The molecule has 0 unspecified atom stereocenters. The highest BCUT2D eigenvalue weighted by Gasteiger charge is 2.28. The van der Waals surface area contributed by atoms with E-state index in [0.29, 0.717) is 18.9 Å². The van der Waals surface area contributed by atoms with Gasteiger partial charge in [-0.15, -0.1) is 15.2 Å². The van der Waals surface area contributed by atoms with Gasteiger partial charge in [0, 0.05) is 25.5 Å². The third kappa shape index (κ3) is 3.67. The molecule has 2 aromatic heterocycles. The number of benzene rings is 2. The van der Waals surface area contributed by atoms with Crippen LogP contribution in [0.4, 0.5) is 5.95 Å². The van der Waals surface area contributed by atoms with Crippen LogP contribution < -0.4 is 16.0 Å². The third-order valence-electron chi connectivity index (χ3n) is 5.72. The number of nitrogens with one attached hydrogen (secondary N) is 3. The summed E-state index contributed by atoms with van der Waals surface area (Å²) in [5, 5.41) is 16.3. The van der Waals surface area contributed by atoms with Gasteiger partial charge in [0.15, 0.2) is 6.67 Å². The van der Waals surface area contributed by atoms with Gasteiger partial charge < -0.3 is 0 Å². The minimum absolute atomic E-state index is 0.0607. The third-order valence-corrected chi connectivity index (χ3v) is 5.72. The van der Waals surface area contributed by atoms with Gasteiger partial charge >= 0.3 is 11.5 Å². The molecule has 3 N–H and O–H groups in total. The van der Waals surface area contributed by atoms with E-state index in [1.165, 1.54) is 0 Å². The normalized spacial score (nSPS) is 13.2. The first-order valence-electron chi connectivity index (χ1n) is 10.7. The van der Waals surface area contributed by atoms with Crippen molar-refractivity contribution in [3.05, 3.63) is 75.7 Å². The van der Waals surface area contributed by atoms with Crippen molar-refractivity contribution >= 4 is 5.95 Å². The molecular formula is C23H25N8O+. The number of tetrazole rings is 1. The summed E-state index contributed by atoms with van der Waals surface area (Å²) in [7, 11) is 1.92. The van der Waals surface area contributed by atoms with Crippen LogP contribution in [-0.2, 0) is 19.5 Å². The Balaban J connectivity index is 1.47. The Labute approximate surface area is 185 Å². The van der Waals surface area contributed by atoms with Gasteiger partial charge in [-0.2, -0.15) is 15.2 Å². The summed E-state index contributed by atoms with van der Waals surface area (Å²) in [5.74, 6) is 1.31. The van der Waals surface area contributed by atoms with E-state index < -0.39 is 0 Å². The zero-order valence-electron chi connectivity index (χ0n) is 18.1. The number of hydrogen-bond donors (Lipinski definition) is 2. The van der Waals surface area contributed by atoms with Gasteiger partial charge in [-0.3, -0.25) is 4.79 Å². The lowest BCUT2D eigenvalue weighted by Crippen LogP contribution is -2.33. The van der Waals surface area contributed by atoms with Crippen molar-refractivity contribution in [3.63, 3.8) is 0 Å². The van der Waals surface area contributed by atoms with Crippen molar-refractivity contribution in [1.82, 2.24) is 30.2 Å². The van der Waals surface area contributed by atoms with Crippen LogP contribution in [0.5, 0.6) is 0 Å². The Kier molecular flexibility index (Phi) is 5.24. The van der Waals surface area contributed by atoms with Gasteiger partial charge in [-0.25, -0.2) is 4.98 Å². The number of rotatable bonds is 6. The fourth-order valence-electron chi connectivity index (χ4n) is 4.19. The van der Waals surface area contributed by atoms with Crippen LogP contribution in [0.2, 0.25) is 0 Å². The van der Waals surface area contributed by atoms with Gasteiger partial charge in [-0.05, 0) is 28.3 Å². The van der Waals surface area contributed by atoms with Crippen molar-refractivity contribution < 1.29 is 4.98 Å². The molecule has 9 nitrogen and oxygen atoms in total. The molecule has 0 spiro atoms. The Morgan fingerprint density at radius 3 is 2.59 bits per heavy atom. The molecule has 0 saturated carbocycles. The number of aromatic amines is 2. The molecule has 2 aromatic carbocycles. The molecule has 9 heteroatoms. The molecular weight excluding hydrogens is 404 g/mol. The van der Waals surface area contributed by atoms with E-state index in [9.17, 15) is 4.79 Å². The smallest absolute Gasteiger partial charge is 0.250 e. The van der Waals surface area contributed by atoms with Crippen LogP contribution in [-0.4, -0.2) is 37.2 Å². The summed E-state index contributed by atoms with van der Waals surface area (Å²) < 4.78 is 1.75. The first-order valence-corrected chi connectivity index (χ1v) is 10.7. The minimum atomic E-state index is 0.0607. The largest absolute Gasteiger partial charge is 0.376 e. The maximum absolute atomic E-state index is 13.2. The van der Waals surface area contributed by atoms with Crippen molar-refractivity contribution in [2.45, 2.75) is 32.9 Å². The summed E-state index contributed by atoms with van der Waals surface area (Å²) in [4.78, 5) is 16.7. The molecule has 162 valence electrons. The summed E-state index contributed by atoms with van der Waals surface area (Å²) >= 11 is 0. The quantitative estimate of drug-likeness (QED) is 0.487. The lowest BCUT2D eigenvalue weighted by molar-refractivity contribution is -0.380. The van der Waals surface area contributed by atoms with Gasteiger partial charge in [0.1, 0.15) is 0 Å². The Morgan fingerprint density at radius 2 is 1.88 bits per heavy atom. The number of nitrogens with zero attached hydrogens (tertiary/aromatic N) is 5. The molecule has 0 atom stereocenters. The number of fused-ring (bicyclic) bond motifs is 1. The zero-order chi connectivity index (χ0) is 22.1. The molecule has 1 aliphatic rings. The lowest BCUT2D eigenvalue weighted by atomic mass is 9.96. The molecule has 0 radical (unpaired) electrons. The molecule has 0 aliphatic carbocycles. The SMILES string of the molecule is CCCc1[nH+]c2n(c(=O)c1Cc1ccc(-c3ccccc3-c3nn[nH]n3)cc1)CN(C)N2. The van der Waals surface area contributed by atoms with Crippen LogP contribution >= 0.6 is 0 Å². The van der Waals surface area contributed by atoms with Gasteiger partial charge in [0.2, 0.25) is 5.82 Å². The van der Waals surface area contributed by atoms with Crippen LogP contribution in [0.3, 0.4) is 0 Å². The topological polar surface area (TPSA) is 106 Å². The Morgan fingerprint density at radius 1 is 1.09 bits per heavy atom. The second kappa shape index (κ2) is 8.35. The van der Waals surface area contributed by atoms with Gasteiger partial charge in [-0.1, -0.05) is 55.5 Å². The number of aryl methyl sites for hydroxylation is 1. The first-order chi connectivity index (χ1) is 15.6. The molecule has 4 aromatic rings. The van der Waals surface area contributed by atoms with Crippen LogP contribution in [0.1, 0.15) is 30.2 Å². The van der Waals surface area contributed by atoms with Crippen LogP contribution in [0.15, 0.2) is 53.3 Å². The van der Waals surface area contributed by atoms with Crippen molar-refractivity contribution in [3.8, 4) is 22.5 Å². The van der Waals surface area contributed by atoms with E-state index in [1.54, 1.807) is 4.57 Å². The highest BCUT2D eigenvalue weighted by Crippen LogP contribution is 2.30. The molecule has 0 bridgehead atoms. The summed E-state index contributed by atoms with van der Waals surface area (Å²) in [6.07, 6.45) is 2.38. The van der Waals surface area contributed by atoms with Crippen molar-refractivity contribution in [2.75, 3.05) is 12.5 Å². The number of hydrazine groups is 1. The van der Waals surface area contributed by atoms with E-state index in [-0.39, 0.29) is 5.56 Å². The minimum Gasteiger partial charge on any atom is -0.250 e. The average Bonchev–Trinajstić information content (AvgIpc) is 3.47. The average molecular weight is 430 g/mol. The molecule has 5 rings (SSSR count). The maximum Gasteiger partial charge on any atom is 0.376 e. The predicted molar refractivity (Wildman–Crippen MR) is 120 cm³/mol. The fourth-order valence-corrected chi connectivity index (χ4v) is 4.19. The highest BCUT2D eigenvalue weighted by molar-refractivity contribution is 5.80. The van der Waals surface area contributed by atoms with Gasteiger partial charge in [0.05, 0.1) is 11.3 Å². The maximum atomic E-state index is 13.2. The second-order valence-electron chi connectivity index (χ2n) is 8.02. The zero-order valence-corrected chi connectivity index (χ0v) is 18.1. The number of aromatic nitrogens is 6. The Hall–Kier alpha value is -3.85. The van der Waals surface area contributed by atoms with Crippen molar-refractivity contribution in [2.24, 2.45) is 0 Å². The summed E-state index contributed by atoms with van der Waals surface area (Å²) in [5.41, 5.74) is 9.19.